The molecule has 0 saturated heterocycles. The number of benzene rings is 1. The molecular weight excluding hydrogens is 250 g/mol. The lowest BCUT2D eigenvalue weighted by atomic mass is 10.1. The predicted molar refractivity (Wildman–Crippen MR) is 84.5 cm³/mol. The van der Waals surface area contributed by atoms with Gasteiger partial charge in [-0.15, -0.1) is 0 Å². The van der Waals surface area contributed by atoms with Gasteiger partial charge in [0.15, 0.2) is 5.58 Å². The van der Waals surface area contributed by atoms with Gasteiger partial charge in [0, 0.05) is 12.4 Å². The SMILES string of the molecule is C=C(C)c1ncc(-c2ccc(C)c3cnoc23)[nH]1.CC.[HH]. The monoisotopic (exact) mass is 271 g/mol. The van der Waals surface area contributed by atoms with E-state index in [1.165, 1.54) is 0 Å². The van der Waals surface area contributed by atoms with Crippen molar-refractivity contribution < 1.29 is 5.95 Å². The van der Waals surface area contributed by atoms with Crippen molar-refractivity contribution in [2.45, 2.75) is 27.7 Å². The number of H-pyrrole nitrogens is 1. The van der Waals surface area contributed by atoms with Gasteiger partial charge in [0.25, 0.3) is 0 Å². The molecule has 3 aromatic rings. The highest BCUT2D eigenvalue weighted by Gasteiger charge is 2.12. The number of fused-ring (bicyclic) bond motifs is 1. The summed E-state index contributed by atoms with van der Waals surface area (Å²) in [5.74, 6) is 0.790. The number of allylic oxidation sites excluding steroid dienone is 1. The fourth-order valence-electron chi connectivity index (χ4n) is 1.98. The van der Waals surface area contributed by atoms with Crippen LogP contribution in [-0.4, -0.2) is 15.1 Å². The summed E-state index contributed by atoms with van der Waals surface area (Å²) in [5, 5.41) is 4.89. The molecule has 1 N–H and O–H groups in total. The van der Waals surface area contributed by atoms with Gasteiger partial charge in [-0.05, 0) is 31.1 Å². The third-order valence-electron chi connectivity index (χ3n) is 3.01. The molecule has 0 bridgehead atoms. The van der Waals surface area contributed by atoms with Gasteiger partial charge < -0.3 is 9.51 Å². The van der Waals surface area contributed by atoms with Gasteiger partial charge in [0.2, 0.25) is 0 Å². The number of nitrogens with one attached hydrogen (secondary N) is 1. The van der Waals surface area contributed by atoms with Crippen LogP contribution in [0.15, 0.2) is 35.6 Å². The first-order chi connectivity index (χ1) is 9.66. The van der Waals surface area contributed by atoms with Crippen LogP contribution in [0, 0.1) is 6.92 Å². The summed E-state index contributed by atoms with van der Waals surface area (Å²) in [6.45, 7) is 11.8. The van der Waals surface area contributed by atoms with E-state index in [0.29, 0.717) is 0 Å². The first-order valence-corrected chi connectivity index (χ1v) is 6.72. The molecule has 0 aliphatic carbocycles. The third kappa shape index (κ3) is 2.37. The Kier molecular flexibility index (Phi) is 4.03. The summed E-state index contributed by atoms with van der Waals surface area (Å²) in [5.41, 5.74) is 4.71. The Bertz CT molecular complexity index is 743. The zero-order chi connectivity index (χ0) is 14.7. The molecule has 0 fully saturated rings. The largest absolute Gasteiger partial charge is 0.356 e. The topological polar surface area (TPSA) is 54.7 Å². The minimum absolute atomic E-state index is 0. The molecule has 0 aliphatic rings. The standard InChI is InChI=1S/C14H13N3O.C2H6.H2/c1-8(2)14-15-7-12(17-14)10-5-4-9(3)11-6-16-18-13(10)11;1-2;/h4-7H,1H2,2-3H3,(H,15,17);1-2H3;1H. The molecule has 3 rings (SSSR count). The second kappa shape index (κ2) is 5.74. The number of hydrogen-bond donors (Lipinski definition) is 1. The van der Waals surface area contributed by atoms with Crippen molar-refractivity contribution in [2.24, 2.45) is 0 Å². The Balaban J connectivity index is 0.000000706. The maximum Gasteiger partial charge on any atom is 0.176 e. The molecule has 0 saturated carbocycles. The van der Waals surface area contributed by atoms with Crippen molar-refractivity contribution >= 4 is 16.5 Å². The van der Waals surface area contributed by atoms with Crippen LogP contribution < -0.4 is 0 Å². The van der Waals surface area contributed by atoms with Crippen molar-refractivity contribution in [3.05, 3.63) is 42.5 Å². The first kappa shape index (κ1) is 14.1. The summed E-state index contributed by atoms with van der Waals surface area (Å²) in [6, 6.07) is 4.06. The Morgan fingerprint density at radius 1 is 1.30 bits per heavy atom. The van der Waals surface area contributed by atoms with Gasteiger partial charge in [-0.25, -0.2) is 4.98 Å². The molecule has 2 aromatic heterocycles. The molecule has 0 spiro atoms. The van der Waals surface area contributed by atoms with Crippen LogP contribution in [0.3, 0.4) is 0 Å². The zero-order valence-electron chi connectivity index (χ0n) is 12.3. The summed E-state index contributed by atoms with van der Waals surface area (Å²) >= 11 is 0. The van der Waals surface area contributed by atoms with Gasteiger partial charge >= 0.3 is 0 Å². The summed E-state index contributed by atoms with van der Waals surface area (Å²) in [7, 11) is 0. The van der Waals surface area contributed by atoms with Crippen molar-refractivity contribution in [3.63, 3.8) is 0 Å². The van der Waals surface area contributed by atoms with Crippen LogP contribution >= 0.6 is 0 Å². The highest BCUT2D eigenvalue weighted by Crippen LogP contribution is 2.29. The van der Waals surface area contributed by atoms with Crippen molar-refractivity contribution in [3.8, 4) is 11.3 Å². The molecule has 4 nitrogen and oxygen atoms in total. The van der Waals surface area contributed by atoms with Gasteiger partial charge in [-0.3, -0.25) is 0 Å². The first-order valence-electron chi connectivity index (χ1n) is 6.72. The van der Waals surface area contributed by atoms with Crippen molar-refractivity contribution in [1.82, 2.24) is 15.1 Å². The number of hydrogen-bond acceptors (Lipinski definition) is 3. The second-order valence-corrected chi connectivity index (χ2v) is 4.42. The Morgan fingerprint density at radius 3 is 2.70 bits per heavy atom. The van der Waals surface area contributed by atoms with Gasteiger partial charge in [-0.2, -0.15) is 0 Å². The molecule has 1 aromatic carbocycles. The molecule has 0 radical (unpaired) electrons. The van der Waals surface area contributed by atoms with Crippen LogP contribution in [0.4, 0.5) is 0 Å². The molecule has 0 atom stereocenters. The van der Waals surface area contributed by atoms with E-state index >= 15 is 0 Å². The smallest absolute Gasteiger partial charge is 0.176 e. The lowest BCUT2D eigenvalue weighted by Crippen LogP contribution is -1.83. The van der Waals surface area contributed by atoms with E-state index in [1.807, 2.05) is 33.8 Å². The van der Waals surface area contributed by atoms with Gasteiger partial charge in [-0.1, -0.05) is 31.6 Å². The molecule has 0 amide bonds. The van der Waals surface area contributed by atoms with Crippen LogP contribution in [0.25, 0.3) is 27.8 Å². The zero-order valence-corrected chi connectivity index (χ0v) is 12.3. The number of rotatable bonds is 2. The van der Waals surface area contributed by atoms with Crippen LogP contribution in [0.5, 0.6) is 0 Å². The molecule has 106 valence electrons. The highest BCUT2D eigenvalue weighted by atomic mass is 16.5. The number of imidazole rings is 1. The maximum atomic E-state index is 5.33. The molecule has 20 heavy (non-hydrogen) atoms. The summed E-state index contributed by atoms with van der Waals surface area (Å²) < 4.78 is 5.33. The van der Waals surface area contributed by atoms with E-state index in [0.717, 1.165) is 39.2 Å². The average molecular weight is 271 g/mol. The van der Waals surface area contributed by atoms with Crippen LogP contribution in [-0.2, 0) is 0 Å². The number of aryl methyl sites for hydroxylation is 1. The summed E-state index contributed by atoms with van der Waals surface area (Å²) in [4.78, 5) is 7.52. The third-order valence-corrected chi connectivity index (χ3v) is 3.01. The van der Waals surface area contributed by atoms with Gasteiger partial charge in [0.1, 0.15) is 5.82 Å². The molecule has 4 heteroatoms. The van der Waals surface area contributed by atoms with E-state index in [-0.39, 0.29) is 1.43 Å². The minimum Gasteiger partial charge on any atom is -0.356 e. The molecule has 0 unspecified atom stereocenters. The van der Waals surface area contributed by atoms with E-state index in [2.05, 4.69) is 27.8 Å². The Morgan fingerprint density at radius 2 is 2.05 bits per heavy atom. The van der Waals surface area contributed by atoms with Crippen molar-refractivity contribution in [2.75, 3.05) is 0 Å². The van der Waals surface area contributed by atoms with Crippen LogP contribution in [0.1, 0.15) is 33.6 Å². The molecular formula is C16H21N3O. The molecule has 2 heterocycles. The Labute approximate surface area is 120 Å². The lowest BCUT2D eigenvalue weighted by molar-refractivity contribution is 0.457. The predicted octanol–water partition coefficient (Wildman–Crippen LogP) is 4.83. The fourth-order valence-corrected chi connectivity index (χ4v) is 1.98. The minimum atomic E-state index is 0. The number of aromatic nitrogens is 3. The van der Waals surface area contributed by atoms with E-state index < -0.39 is 0 Å². The number of aromatic amines is 1. The quantitative estimate of drug-likeness (QED) is 0.726. The lowest BCUT2D eigenvalue weighted by Gasteiger charge is -2.00. The normalized spacial score (nSPS) is 10.2. The van der Waals surface area contributed by atoms with E-state index in [9.17, 15) is 0 Å². The van der Waals surface area contributed by atoms with Crippen LogP contribution in [0.2, 0.25) is 0 Å². The van der Waals surface area contributed by atoms with E-state index in [1.54, 1.807) is 12.4 Å². The summed E-state index contributed by atoms with van der Waals surface area (Å²) in [6.07, 6.45) is 3.53. The maximum absolute atomic E-state index is 5.33. The fraction of sp³-hybridized carbons (Fsp3) is 0.250. The Hall–Kier alpha value is -2.36. The van der Waals surface area contributed by atoms with Crippen molar-refractivity contribution in [1.29, 1.82) is 0 Å². The van der Waals surface area contributed by atoms with E-state index in [4.69, 9.17) is 4.52 Å². The number of nitrogens with zero attached hydrogens (tertiary/aromatic N) is 2. The van der Waals surface area contributed by atoms with Gasteiger partial charge in [0.05, 0.1) is 18.1 Å². The second-order valence-electron chi connectivity index (χ2n) is 4.42. The average Bonchev–Trinajstić information content (AvgIpc) is 3.11. The highest BCUT2D eigenvalue weighted by molar-refractivity contribution is 5.92. The molecule has 0 aliphatic heterocycles.